The van der Waals surface area contributed by atoms with Gasteiger partial charge in [-0.25, -0.2) is 4.39 Å². The average Bonchev–Trinajstić information content (AvgIpc) is 2.43. The fraction of sp³-hybridized carbons (Fsp3) is 0.250. The summed E-state index contributed by atoms with van der Waals surface area (Å²) >= 11 is 0. The van der Waals surface area contributed by atoms with E-state index in [-0.39, 0.29) is 17.5 Å². The van der Waals surface area contributed by atoms with Crippen LogP contribution in [0.3, 0.4) is 0 Å². The lowest BCUT2D eigenvalue weighted by Gasteiger charge is -2.16. The molecule has 0 aliphatic heterocycles. The number of nitro groups is 1. The lowest BCUT2D eigenvalue weighted by molar-refractivity contribution is -0.385. The molecular weight excluding hydrogens is 271 g/mol. The Kier molecular flexibility index (Phi) is 4.52. The molecule has 2 aromatic carbocycles. The Morgan fingerprint density at radius 2 is 2.00 bits per heavy atom. The van der Waals surface area contributed by atoms with E-state index >= 15 is 0 Å². The van der Waals surface area contributed by atoms with E-state index in [9.17, 15) is 14.5 Å². The van der Waals surface area contributed by atoms with Gasteiger partial charge in [-0.2, -0.15) is 0 Å². The molecule has 0 aliphatic rings. The molecule has 1 unspecified atom stereocenters. The molecule has 0 amide bonds. The predicted molar refractivity (Wildman–Crippen MR) is 81.0 cm³/mol. The topological polar surface area (TPSA) is 55.2 Å². The third kappa shape index (κ3) is 3.78. The molecule has 1 N–H and O–H groups in total. The van der Waals surface area contributed by atoms with Gasteiger partial charge in [-0.1, -0.05) is 24.3 Å². The van der Waals surface area contributed by atoms with Crippen LogP contribution in [0.4, 0.5) is 15.8 Å². The Morgan fingerprint density at radius 3 is 2.67 bits per heavy atom. The molecule has 4 nitrogen and oxygen atoms in total. The SMILES string of the molecule is Cc1ccc(NC(C)Cc2ccccc2F)cc1[N+](=O)[O-]. The Balaban J connectivity index is 2.09. The highest BCUT2D eigenvalue weighted by atomic mass is 19.1. The van der Waals surface area contributed by atoms with E-state index in [1.165, 1.54) is 12.1 Å². The second-order valence-electron chi connectivity index (χ2n) is 5.10. The molecule has 2 rings (SSSR count). The third-order valence-corrected chi connectivity index (χ3v) is 3.30. The largest absolute Gasteiger partial charge is 0.382 e. The first-order valence-electron chi connectivity index (χ1n) is 6.72. The number of halogens is 1. The third-order valence-electron chi connectivity index (χ3n) is 3.30. The summed E-state index contributed by atoms with van der Waals surface area (Å²) in [6.45, 7) is 3.61. The van der Waals surface area contributed by atoms with Gasteiger partial charge >= 0.3 is 0 Å². The summed E-state index contributed by atoms with van der Waals surface area (Å²) < 4.78 is 13.6. The van der Waals surface area contributed by atoms with Gasteiger partial charge in [0.2, 0.25) is 0 Å². The van der Waals surface area contributed by atoms with Crippen LogP contribution in [0.5, 0.6) is 0 Å². The molecule has 0 bridgehead atoms. The predicted octanol–water partition coefficient (Wildman–Crippen LogP) is 4.09. The average molecular weight is 288 g/mol. The van der Waals surface area contributed by atoms with Crippen LogP contribution in [0.1, 0.15) is 18.1 Å². The number of nitro benzene ring substituents is 1. The van der Waals surface area contributed by atoms with Crippen LogP contribution in [0, 0.1) is 22.9 Å². The Bertz CT molecular complexity index is 658. The first kappa shape index (κ1) is 15.0. The first-order chi connectivity index (χ1) is 9.97. The maximum Gasteiger partial charge on any atom is 0.274 e. The summed E-state index contributed by atoms with van der Waals surface area (Å²) in [4.78, 5) is 10.5. The van der Waals surface area contributed by atoms with Gasteiger partial charge in [0, 0.05) is 23.4 Å². The van der Waals surface area contributed by atoms with Gasteiger partial charge in [0.15, 0.2) is 0 Å². The summed E-state index contributed by atoms with van der Waals surface area (Å²) in [5, 5.41) is 14.1. The van der Waals surface area contributed by atoms with E-state index in [0.29, 0.717) is 23.2 Å². The molecule has 0 aliphatic carbocycles. The zero-order valence-corrected chi connectivity index (χ0v) is 12.0. The van der Waals surface area contributed by atoms with Crippen molar-refractivity contribution < 1.29 is 9.31 Å². The van der Waals surface area contributed by atoms with Crippen LogP contribution < -0.4 is 5.32 Å². The summed E-state index contributed by atoms with van der Waals surface area (Å²) in [5.74, 6) is -0.235. The van der Waals surface area contributed by atoms with Crippen molar-refractivity contribution in [1.82, 2.24) is 0 Å². The summed E-state index contributed by atoms with van der Waals surface area (Å²) in [5.41, 5.74) is 1.99. The molecule has 5 heteroatoms. The van der Waals surface area contributed by atoms with Gasteiger partial charge in [0.25, 0.3) is 5.69 Å². The van der Waals surface area contributed by atoms with Crippen molar-refractivity contribution in [2.75, 3.05) is 5.32 Å². The summed E-state index contributed by atoms with van der Waals surface area (Å²) in [6, 6.07) is 11.6. The molecule has 0 spiro atoms. The second-order valence-corrected chi connectivity index (χ2v) is 5.10. The van der Waals surface area contributed by atoms with Crippen molar-refractivity contribution in [3.05, 3.63) is 69.5 Å². The van der Waals surface area contributed by atoms with Crippen LogP contribution in [-0.2, 0) is 6.42 Å². The lowest BCUT2D eigenvalue weighted by Crippen LogP contribution is -2.18. The highest BCUT2D eigenvalue weighted by molar-refractivity contribution is 5.55. The fourth-order valence-corrected chi connectivity index (χ4v) is 2.23. The van der Waals surface area contributed by atoms with Gasteiger partial charge in [-0.05, 0) is 38.0 Å². The molecule has 2 aromatic rings. The zero-order valence-electron chi connectivity index (χ0n) is 12.0. The van der Waals surface area contributed by atoms with Gasteiger partial charge in [0.1, 0.15) is 5.82 Å². The quantitative estimate of drug-likeness (QED) is 0.666. The van der Waals surface area contributed by atoms with Crippen LogP contribution >= 0.6 is 0 Å². The molecule has 0 fully saturated rings. The number of nitrogens with zero attached hydrogens (tertiary/aromatic N) is 1. The van der Waals surface area contributed by atoms with Crippen LogP contribution in [0.25, 0.3) is 0 Å². The van der Waals surface area contributed by atoms with Crippen LogP contribution in [0.2, 0.25) is 0 Å². The smallest absolute Gasteiger partial charge is 0.274 e. The van der Waals surface area contributed by atoms with Crippen LogP contribution in [0.15, 0.2) is 42.5 Å². The van der Waals surface area contributed by atoms with E-state index in [1.54, 1.807) is 37.3 Å². The van der Waals surface area contributed by atoms with Crippen LogP contribution in [-0.4, -0.2) is 11.0 Å². The number of anilines is 1. The van der Waals surface area contributed by atoms with Gasteiger partial charge in [-0.15, -0.1) is 0 Å². The molecule has 0 aromatic heterocycles. The molecule has 0 saturated carbocycles. The maximum atomic E-state index is 13.6. The van der Waals surface area contributed by atoms with Crippen molar-refractivity contribution in [2.45, 2.75) is 26.3 Å². The monoisotopic (exact) mass is 288 g/mol. The standard InChI is InChI=1S/C16H17FN2O2/c1-11-7-8-14(10-16(11)19(20)21)18-12(2)9-13-5-3-4-6-15(13)17/h3-8,10,12,18H,9H2,1-2H3. The molecule has 110 valence electrons. The Morgan fingerprint density at radius 1 is 1.29 bits per heavy atom. The highest BCUT2D eigenvalue weighted by Gasteiger charge is 2.13. The molecule has 1 atom stereocenters. The van der Waals surface area contributed by atoms with Crippen molar-refractivity contribution in [3.8, 4) is 0 Å². The van der Waals surface area contributed by atoms with Crippen molar-refractivity contribution in [3.63, 3.8) is 0 Å². The number of hydrogen-bond donors (Lipinski definition) is 1. The molecule has 0 saturated heterocycles. The number of aryl methyl sites for hydroxylation is 1. The van der Waals surface area contributed by atoms with Crippen molar-refractivity contribution in [1.29, 1.82) is 0 Å². The Labute approximate surface area is 122 Å². The van der Waals surface area contributed by atoms with Gasteiger partial charge < -0.3 is 5.32 Å². The van der Waals surface area contributed by atoms with Gasteiger partial charge in [-0.3, -0.25) is 10.1 Å². The minimum Gasteiger partial charge on any atom is -0.382 e. The number of benzene rings is 2. The molecule has 0 heterocycles. The minimum absolute atomic E-state index is 0.0378. The molecule has 0 radical (unpaired) electrons. The van der Waals surface area contributed by atoms with E-state index in [2.05, 4.69) is 5.32 Å². The maximum absolute atomic E-state index is 13.6. The van der Waals surface area contributed by atoms with E-state index in [4.69, 9.17) is 0 Å². The van der Waals surface area contributed by atoms with E-state index in [0.717, 1.165) is 0 Å². The fourth-order valence-electron chi connectivity index (χ4n) is 2.23. The Hall–Kier alpha value is -2.43. The molecule has 21 heavy (non-hydrogen) atoms. The lowest BCUT2D eigenvalue weighted by atomic mass is 10.1. The van der Waals surface area contributed by atoms with Gasteiger partial charge in [0.05, 0.1) is 4.92 Å². The van der Waals surface area contributed by atoms with E-state index in [1.807, 2.05) is 6.92 Å². The van der Waals surface area contributed by atoms with Crippen molar-refractivity contribution in [2.24, 2.45) is 0 Å². The number of nitrogens with one attached hydrogen (secondary N) is 1. The van der Waals surface area contributed by atoms with E-state index < -0.39 is 4.92 Å². The highest BCUT2D eigenvalue weighted by Crippen LogP contribution is 2.23. The zero-order chi connectivity index (χ0) is 15.4. The summed E-state index contributed by atoms with van der Waals surface area (Å²) in [7, 11) is 0. The molecular formula is C16H17FN2O2. The second kappa shape index (κ2) is 6.35. The minimum atomic E-state index is -0.401. The van der Waals surface area contributed by atoms with Crippen molar-refractivity contribution >= 4 is 11.4 Å². The number of rotatable bonds is 5. The normalized spacial score (nSPS) is 12.0. The first-order valence-corrected chi connectivity index (χ1v) is 6.72. The number of hydrogen-bond acceptors (Lipinski definition) is 3. The summed E-state index contributed by atoms with van der Waals surface area (Å²) in [6.07, 6.45) is 0.508.